The monoisotopic (exact) mass is 268 g/mol. The number of nitriles is 1. The average Bonchev–Trinajstić information content (AvgIpc) is 2.49. The summed E-state index contributed by atoms with van der Waals surface area (Å²) in [5, 5.41) is 9.22. The van der Waals surface area contributed by atoms with Crippen LogP contribution in [-0.4, -0.2) is 13.0 Å². The summed E-state index contributed by atoms with van der Waals surface area (Å²) in [4.78, 5) is 13.5. The standard InChI is InChI=1S/C16H13FN2O/c1-19(15-10-6-5-9-14(15)17)16(20)13(11-18)12-7-3-2-4-8-12/h2-10,13H,1H3. The lowest BCUT2D eigenvalue weighted by atomic mass is 9.99. The van der Waals surface area contributed by atoms with Crippen LogP contribution in [0.2, 0.25) is 0 Å². The van der Waals surface area contributed by atoms with Crippen molar-refractivity contribution in [3.63, 3.8) is 0 Å². The molecule has 3 nitrogen and oxygen atoms in total. The van der Waals surface area contributed by atoms with E-state index in [1.165, 1.54) is 24.1 Å². The number of anilines is 1. The number of likely N-dealkylation sites (N-methyl/N-ethyl adjacent to an activating group) is 1. The summed E-state index contributed by atoms with van der Waals surface area (Å²) in [5.74, 6) is -1.89. The Balaban J connectivity index is 2.31. The molecule has 0 bridgehead atoms. The van der Waals surface area contributed by atoms with Crippen LogP contribution in [0.4, 0.5) is 10.1 Å². The fourth-order valence-electron chi connectivity index (χ4n) is 1.95. The molecule has 100 valence electrons. The van der Waals surface area contributed by atoms with Crippen LogP contribution in [0.5, 0.6) is 0 Å². The van der Waals surface area contributed by atoms with Gasteiger partial charge in [-0.15, -0.1) is 0 Å². The van der Waals surface area contributed by atoms with E-state index in [-0.39, 0.29) is 5.69 Å². The van der Waals surface area contributed by atoms with Gasteiger partial charge in [0.25, 0.3) is 0 Å². The number of nitrogens with zero attached hydrogens (tertiary/aromatic N) is 2. The number of hydrogen-bond donors (Lipinski definition) is 0. The van der Waals surface area contributed by atoms with Crippen molar-refractivity contribution in [3.8, 4) is 6.07 Å². The third kappa shape index (κ3) is 2.67. The first-order valence-electron chi connectivity index (χ1n) is 6.12. The zero-order chi connectivity index (χ0) is 14.5. The third-order valence-corrected chi connectivity index (χ3v) is 3.05. The van der Waals surface area contributed by atoms with Gasteiger partial charge in [-0.1, -0.05) is 42.5 Å². The summed E-state index contributed by atoms with van der Waals surface area (Å²) >= 11 is 0. The molecule has 0 N–H and O–H groups in total. The maximum atomic E-state index is 13.7. The van der Waals surface area contributed by atoms with Crippen molar-refractivity contribution in [3.05, 3.63) is 66.0 Å². The van der Waals surface area contributed by atoms with Gasteiger partial charge in [0.15, 0.2) is 5.92 Å². The van der Waals surface area contributed by atoms with E-state index in [1.54, 1.807) is 36.4 Å². The SMILES string of the molecule is CN(C(=O)C(C#N)c1ccccc1)c1ccccc1F. The topological polar surface area (TPSA) is 44.1 Å². The molecule has 0 radical (unpaired) electrons. The number of carbonyl (C=O) groups excluding carboxylic acids is 1. The summed E-state index contributed by atoms with van der Waals surface area (Å²) in [7, 11) is 1.47. The Morgan fingerprint density at radius 1 is 1.15 bits per heavy atom. The van der Waals surface area contributed by atoms with E-state index in [9.17, 15) is 14.4 Å². The van der Waals surface area contributed by atoms with Gasteiger partial charge in [0.2, 0.25) is 5.91 Å². The predicted octanol–water partition coefficient (Wildman–Crippen LogP) is 3.10. The average molecular weight is 268 g/mol. The smallest absolute Gasteiger partial charge is 0.248 e. The molecule has 0 fully saturated rings. The Labute approximate surface area is 116 Å². The summed E-state index contributed by atoms with van der Waals surface area (Å²) in [6.45, 7) is 0. The number of carbonyl (C=O) groups is 1. The van der Waals surface area contributed by atoms with Crippen molar-refractivity contribution < 1.29 is 9.18 Å². The number of amides is 1. The molecule has 0 heterocycles. The number of para-hydroxylation sites is 1. The fourth-order valence-corrected chi connectivity index (χ4v) is 1.95. The van der Waals surface area contributed by atoms with E-state index in [0.717, 1.165) is 0 Å². The number of benzene rings is 2. The molecule has 0 saturated carbocycles. The first-order valence-corrected chi connectivity index (χ1v) is 6.12. The van der Waals surface area contributed by atoms with Gasteiger partial charge >= 0.3 is 0 Å². The minimum Gasteiger partial charge on any atom is -0.311 e. The zero-order valence-electron chi connectivity index (χ0n) is 11.0. The van der Waals surface area contributed by atoms with Gasteiger partial charge in [0.1, 0.15) is 5.82 Å². The second-order valence-corrected chi connectivity index (χ2v) is 4.32. The van der Waals surface area contributed by atoms with Crippen LogP contribution in [-0.2, 0) is 4.79 Å². The van der Waals surface area contributed by atoms with E-state index in [0.29, 0.717) is 5.56 Å². The number of rotatable bonds is 3. The molecule has 1 unspecified atom stereocenters. The third-order valence-electron chi connectivity index (χ3n) is 3.05. The highest BCUT2D eigenvalue weighted by Gasteiger charge is 2.25. The fraction of sp³-hybridized carbons (Fsp3) is 0.125. The van der Waals surface area contributed by atoms with Crippen LogP contribution in [0.15, 0.2) is 54.6 Å². The molecule has 1 amide bonds. The van der Waals surface area contributed by atoms with Crippen molar-refractivity contribution in [2.75, 3.05) is 11.9 Å². The van der Waals surface area contributed by atoms with Gasteiger partial charge in [-0.3, -0.25) is 4.79 Å². The molecular formula is C16H13FN2O. The molecule has 4 heteroatoms. The van der Waals surface area contributed by atoms with Crippen molar-refractivity contribution in [2.24, 2.45) is 0 Å². The van der Waals surface area contributed by atoms with Crippen LogP contribution in [0.25, 0.3) is 0 Å². The van der Waals surface area contributed by atoms with Crippen molar-refractivity contribution in [2.45, 2.75) is 5.92 Å². The zero-order valence-corrected chi connectivity index (χ0v) is 11.0. The minimum absolute atomic E-state index is 0.161. The summed E-state index contributed by atoms with van der Waals surface area (Å²) in [6.07, 6.45) is 0. The van der Waals surface area contributed by atoms with Gasteiger partial charge in [-0.05, 0) is 17.7 Å². The summed E-state index contributed by atoms with van der Waals surface area (Å²) < 4.78 is 13.7. The van der Waals surface area contributed by atoms with E-state index in [4.69, 9.17) is 0 Å². The molecule has 2 rings (SSSR count). The normalized spacial score (nSPS) is 11.4. The van der Waals surface area contributed by atoms with Crippen LogP contribution in [0.1, 0.15) is 11.5 Å². The lowest BCUT2D eigenvalue weighted by Gasteiger charge is -2.20. The minimum atomic E-state index is -0.944. The van der Waals surface area contributed by atoms with Gasteiger partial charge in [0.05, 0.1) is 11.8 Å². The molecule has 20 heavy (non-hydrogen) atoms. The summed E-state index contributed by atoms with van der Waals surface area (Å²) in [5.41, 5.74) is 0.761. The van der Waals surface area contributed by atoms with Crippen molar-refractivity contribution >= 4 is 11.6 Å². The Hall–Kier alpha value is -2.67. The van der Waals surface area contributed by atoms with Gasteiger partial charge in [-0.2, -0.15) is 5.26 Å². The highest BCUT2D eigenvalue weighted by Crippen LogP contribution is 2.23. The highest BCUT2D eigenvalue weighted by atomic mass is 19.1. The molecule has 0 aromatic heterocycles. The van der Waals surface area contributed by atoms with E-state index in [2.05, 4.69) is 0 Å². The Morgan fingerprint density at radius 2 is 1.75 bits per heavy atom. The number of halogens is 1. The molecule has 2 aromatic carbocycles. The lowest BCUT2D eigenvalue weighted by Crippen LogP contribution is -2.31. The lowest BCUT2D eigenvalue weighted by molar-refractivity contribution is -0.118. The molecule has 1 atom stereocenters. The second kappa shape index (κ2) is 5.98. The first-order chi connectivity index (χ1) is 9.65. The second-order valence-electron chi connectivity index (χ2n) is 4.32. The van der Waals surface area contributed by atoms with Crippen molar-refractivity contribution in [1.29, 1.82) is 5.26 Å². The predicted molar refractivity (Wildman–Crippen MR) is 74.6 cm³/mol. The molecule has 0 spiro atoms. The molecule has 0 aliphatic rings. The van der Waals surface area contributed by atoms with Crippen LogP contribution in [0, 0.1) is 17.1 Å². The molecule has 0 aliphatic carbocycles. The van der Waals surface area contributed by atoms with Crippen molar-refractivity contribution in [1.82, 2.24) is 0 Å². The van der Waals surface area contributed by atoms with Gasteiger partial charge in [0, 0.05) is 7.05 Å². The largest absolute Gasteiger partial charge is 0.311 e. The van der Waals surface area contributed by atoms with Crippen LogP contribution < -0.4 is 4.90 Å². The highest BCUT2D eigenvalue weighted by molar-refractivity contribution is 5.99. The Kier molecular flexibility index (Phi) is 4.11. The Bertz CT molecular complexity index is 649. The van der Waals surface area contributed by atoms with E-state index < -0.39 is 17.6 Å². The molecule has 2 aromatic rings. The first kappa shape index (κ1) is 13.8. The quantitative estimate of drug-likeness (QED) is 0.858. The van der Waals surface area contributed by atoms with Gasteiger partial charge < -0.3 is 4.90 Å². The molecule has 0 aliphatic heterocycles. The summed E-state index contributed by atoms with van der Waals surface area (Å²) in [6, 6.07) is 16.7. The maximum Gasteiger partial charge on any atom is 0.248 e. The Morgan fingerprint density at radius 3 is 2.35 bits per heavy atom. The van der Waals surface area contributed by atoms with E-state index >= 15 is 0 Å². The van der Waals surface area contributed by atoms with Crippen LogP contribution >= 0.6 is 0 Å². The van der Waals surface area contributed by atoms with Gasteiger partial charge in [-0.25, -0.2) is 4.39 Å². The maximum absolute atomic E-state index is 13.7. The molecule has 0 saturated heterocycles. The number of hydrogen-bond acceptors (Lipinski definition) is 2. The van der Waals surface area contributed by atoms with E-state index in [1.807, 2.05) is 12.1 Å². The van der Waals surface area contributed by atoms with Crippen LogP contribution in [0.3, 0.4) is 0 Å². The molecular weight excluding hydrogens is 255 g/mol.